The van der Waals surface area contributed by atoms with Gasteiger partial charge in [-0.15, -0.1) is 0 Å². The predicted octanol–water partition coefficient (Wildman–Crippen LogP) is 0.466. The molecule has 38 heavy (non-hydrogen) atoms. The zero-order chi connectivity index (χ0) is 27.4. The average molecular weight is 535 g/mol. The average Bonchev–Trinajstić information content (AvgIpc) is 3.27. The standard InChI is InChI=1S/C27H34O11/c1-33-18-6-4-14(10-20(18)34-2)8-16-13-36-26(32)17(16)9-15-5-7-19(21(11-15)35-3)37-27-25(31)24(30)23(29)22(12-28)38-27/h4-7,10-11,16-17,22-25,27-31H,8-9,12-13H2,1-3H3/t16-,17-,22+,23+,24-,25+,27-/m0/s1. The van der Waals surface area contributed by atoms with Crippen LogP contribution in [0.1, 0.15) is 11.1 Å². The molecule has 2 aromatic carbocycles. The summed E-state index contributed by atoms with van der Waals surface area (Å²) in [7, 11) is 4.60. The summed E-state index contributed by atoms with van der Waals surface area (Å²) in [5.41, 5.74) is 1.81. The zero-order valence-electron chi connectivity index (χ0n) is 21.5. The number of cyclic esters (lactones) is 1. The van der Waals surface area contributed by atoms with Crippen LogP contribution in [0.2, 0.25) is 0 Å². The normalized spacial score (nSPS) is 29.0. The summed E-state index contributed by atoms with van der Waals surface area (Å²) < 4.78 is 32.7. The number of carbonyl (C=O) groups is 1. The van der Waals surface area contributed by atoms with Gasteiger partial charge in [0.05, 0.1) is 40.5 Å². The molecule has 11 heteroatoms. The first-order chi connectivity index (χ1) is 18.3. The summed E-state index contributed by atoms with van der Waals surface area (Å²) in [5, 5.41) is 39.7. The second-order valence-electron chi connectivity index (χ2n) is 9.39. The van der Waals surface area contributed by atoms with E-state index in [4.69, 9.17) is 28.4 Å². The van der Waals surface area contributed by atoms with Gasteiger partial charge in [-0.25, -0.2) is 0 Å². The van der Waals surface area contributed by atoms with Gasteiger partial charge in [0.15, 0.2) is 23.0 Å². The number of benzene rings is 2. The van der Waals surface area contributed by atoms with Crippen LogP contribution < -0.4 is 18.9 Å². The lowest BCUT2D eigenvalue weighted by Gasteiger charge is -2.39. The maximum Gasteiger partial charge on any atom is 0.309 e. The first-order valence-electron chi connectivity index (χ1n) is 12.3. The summed E-state index contributed by atoms with van der Waals surface area (Å²) in [6.07, 6.45) is -6.02. The third-order valence-corrected chi connectivity index (χ3v) is 7.03. The van der Waals surface area contributed by atoms with Crippen LogP contribution >= 0.6 is 0 Å². The number of aliphatic hydroxyl groups excluding tert-OH is 4. The Labute approximate surface area is 220 Å². The molecule has 2 fully saturated rings. The molecule has 4 rings (SSSR count). The van der Waals surface area contributed by atoms with Crippen molar-refractivity contribution in [2.75, 3.05) is 34.5 Å². The Balaban J connectivity index is 1.47. The molecule has 0 spiro atoms. The first-order valence-corrected chi connectivity index (χ1v) is 12.3. The van der Waals surface area contributed by atoms with Crippen LogP contribution in [0.5, 0.6) is 23.0 Å². The van der Waals surface area contributed by atoms with Crippen molar-refractivity contribution >= 4 is 5.97 Å². The van der Waals surface area contributed by atoms with Gasteiger partial charge >= 0.3 is 5.97 Å². The Morgan fingerprint density at radius 1 is 0.816 bits per heavy atom. The van der Waals surface area contributed by atoms with E-state index >= 15 is 0 Å². The van der Waals surface area contributed by atoms with Crippen molar-refractivity contribution in [1.29, 1.82) is 0 Å². The third kappa shape index (κ3) is 5.82. The number of hydrogen-bond acceptors (Lipinski definition) is 11. The van der Waals surface area contributed by atoms with Gasteiger partial charge in [-0.3, -0.25) is 4.79 Å². The van der Waals surface area contributed by atoms with E-state index in [-0.39, 0.29) is 23.6 Å². The van der Waals surface area contributed by atoms with E-state index < -0.39 is 37.3 Å². The van der Waals surface area contributed by atoms with Crippen molar-refractivity contribution in [2.24, 2.45) is 11.8 Å². The molecular formula is C27H34O11. The quantitative estimate of drug-likeness (QED) is 0.315. The van der Waals surface area contributed by atoms with E-state index in [1.54, 1.807) is 32.4 Å². The van der Waals surface area contributed by atoms with Gasteiger partial charge in [0, 0.05) is 5.92 Å². The van der Waals surface area contributed by atoms with Crippen LogP contribution in [0.4, 0.5) is 0 Å². The fraction of sp³-hybridized carbons (Fsp3) is 0.519. The van der Waals surface area contributed by atoms with E-state index in [9.17, 15) is 25.2 Å². The summed E-state index contributed by atoms with van der Waals surface area (Å²) >= 11 is 0. The molecule has 0 aromatic heterocycles. The molecule has 0 bridgehead atoms. The molecule has 0 saturated carbocycles. The van der Waals surface area contributed by atoms with Gasteiger partial charge in [0.2, 0.25) is 6.29 Å². The molecule has 11 nitrogen and oxygen atoms in total. The van der Waals surface area contributed by atoms with Crippen molar-refractivity contribution < 1.29 is 53.6 Å². The van der Waals surface area contributed by atoms with Crippen molar-refractivity contribution in [3.8, 4) is 23.0 Å². The summed E-state index contributed by atoms with van der Waals surface area (Å²) in [6.45, 7) is -0.254. The Bertz CT molecular complexity index is 1100. The minimum atomic E-state index is -1.56. The molecular weight excluding hydrogens is 500 g/mol. The number of hydrogen-bond donors (Lipinski definition) is 4. The van der Waals surface area contributed by atoms with E-state index in [2.05, 4.69) is 0 Å². The fourth-order valence-electron chi connectivity index (χ4n) is 4.85. The van der Waals surface area contributed by atoms with Crippen molar-refractivity contribution in [1.82, 2.24) is 0 Å². The molecule has 2 saturated heterocycles. The van der Waals surface area contributed by atoms with E-state index in [1.807, 2.05) is 18.2 Å². The highest BCUT2D eigenvalue weighted by atomic mass is 16.7. The van der Waals surface area contributed by atoms with Gasteiger partial charge in [-0.1, -0.05) is 12.1 Å². The predicted molar refractivity (Wildman–Crippen MR) is 132 cm³/mol. The van der Waals surface area contributed by atoms with Gasteiger partial charge in [-0.2, -0.15) is 0 Å². The lowest BCUT2D eigenvalue weighted by atomic mass is 9.85. The maximum atomic E-state index is 12.6. The zero-order valence-corrected chi connectivity index (χ0v) is 21.5. The van der Waals surface area contributed by atoms with E-state index in [1.165, 1.54) is 7.11 Å². The second kappa shape index (κ2) is 12.2. The number of aliphatic hydroxyl groups is 4. The van der Waals surface area contributed by atoms with Crippen molar-refractivity contribution in [3.63, 3.8) is 0 Å². The number of carbonyl (C=O) groups excluding carboxylic acids is 1. The van der Waals surface area contributed by atoms with Crippen LogP contribution in [0.3, 0.4) is 0 Å². The lowest BCUT2D eigenvalue weighted by Crippen LogP contribution is -2.60. The maximum absolute atomic E-state index is 12.6. The first kappa shape index (κ1) is 27.9. The molecule has 2 heterocycles. The minimum absolute atomic E-state index is 0.0448. The largest absolute Gasteiger partial charge is 0.493 e. The van der Waals surface area contributed by atoms with Gasteiger partial charge in [-0.05, 0) is 48.2 Å². The third-order valence-electron chi connectivity index (χ3n) is 7.03. The topological polar surface area (TPSA) is 153 Å². The number of esters is 1. The molecule has 2 aliphatic rings. The molecule has 7 atom stereocenters. The summed E-state index contributed by atoms with van der Waals surface area (Å²) in [4.78, 5) is 12.6. The SMILES string of the molecule is COc1ccc(C[C@H]2COC(=O)[C@H]2Cc2ccc(O[C@H]3O[C@H](CO)[C@@H](O)[C@H](O)[C@H]3O)c(OC)c2)cc1OC. The van der Waals surface area contributed by atoms with Gasteiger partial charge in [0.25, 0.3) is 0 Å². The summed E-state index contributed by atoms with van der Waals surface area (Å²) in [5.74, 6) is 1.10. The molecule has 2 aliphatic heterocycles. The van der Waals surface area contributed by atoms with Crippen LogP contribution in [0.25, 0.3) is 0 Å². The second-order valence-corrected chi connectivity index (χ2v) is 9.39. The highest BCUT2D eigenvalue weighted by Gasteiger charge is 2.45. The van der Waals surface area contributed by atoms with Gasteiger partial charge in [0.1, 0.15) is 24.4 Å². The van der Waals surface area contributed by atoms with Crippen molar-refractivity contribution in [2.45, 2.75) is 43.5 Å². The minimum Gasteiger partial charge on any atom is -0.493 e. The number of rotatable bonds is 10. The molecule has 208 valence electrons. The molecule has 4 N–H and O–H groups in total. The number of methoxy groups -OCH3 is 3. The monoisotopic (exact) mass is 534 g/mol. The van der Waals surface area contributed by atoms with Crippen molar-refractivity contribution in [3.05, 3.63) is 47.5 Å². The molecule has 0 unspecified atom stereocenters. The van der Waals surface area contributed by atoms with Crippen LogP contribution in [0, 0.1) is 11.8 Å². The lowest BCUT2D eigenvalue weighted by molar-refractivity contribution is -0.277. The molecule has 2 aromatic rings. The Morgan fingerprint density at radius 2 is 1.42 bits per heavy atom. The highest BCUT2D eigenvalue weighted by molar-refractivity contribution is 5.75. The highest BCUT2D eigenvalue weighted by Crippen LogP contribution is 2.36. The van der Waals surface area contributed by atoms with Crippen LogP contribution in [0.15, 0.2) is 36.4 Å². The molecule has 0 aliphatic carbocycles. The van der Waals surface area contributed by atoms with Crippen LogP contribution in [-0.2, 0) is 27.1 Å². The number of ether oxygens (including phenoxy) is 6. The van der Waals surface area contributed by atoms with Crippen LogP contribution in [-0.4, -0.2) is 91.6 Å². The Kier molecular flexibility index (Phi) is 8.95. The Hall–Kier alpha value is -3.09. The molecule has 0 amide bonds. The molecule has 0 radical (unpaired) electrons. The summed E-state index contributed by atoms with van der Waals surface area (Å²) in [6, 6.07) is 10.8. The Morgan fingerprint density at radius 3 is 2.05 bits per heavy atom. The van der Waals surface area contributed by atoms with E-state index in [0.717, 1.165) is 11.1 Å². The fourth-order valence-corrected chi connectivity index (χ4v) is 4.85. The smallest absolute Gasteiger partial charge is 0.309 e. The van der Waals surface area contributed by atoms with Gasteiger partial charge < -0.3 is 48.8 Å². The van der Waals surface area contributed by atoms with E-state index in [0.29, 0.717) is 36.7 Å².